The van der Waals surface area contributed by atoms with Crippen molar-refractivity contribution in [2.45, 2.75) is 46.1 Å². The molecule has 0 spiro atoms. The zero-order valence-corrected chi connectivity index (χ0v) is 16.4. The summed E-state index contributed by atoms with van der Waals surface area (Å²) in [4.78, 5) is 20.0. The van der Waals surface area contributed by atoms with E-state index in [0.29, 0.717) is 18.2 Å². The third-order valence-electron chi connectivity index (χ3n) is 4.63. The Bertz CT molecular complexity index is 719. The standard InChI is InChI=1S/C20H27N3O2S/c1-15-16(2)26-20(21-15)22-19(24)9-12-25-18-8-6-7-17(13-18)14-23-10-4-3-5-11-23/h6-8,13H,3-5,9-12,14H2,1-2H3,(H,21,22,24). The van der Waals surface area contributed by atoms with Crippen LogP contribution in [0.4, 0.5) is 5.13 Å². The second kappa shape index (κ2) is 9.14. The molecule has 1 N–H and O–H groups in total. The SMILES string of the molecule is Cc1nc(NC(=O)CCOc2cccc(CN3CCCCC3)c2)sc1C. The van der Waals surface area contributed by atoms with E-state index in [1.54, 1.807) is 0 Å². The maximum Gasteiger partial charge on any atom is 0.229 e. The topological polar surface area (TPSA) is 54.5 Å². The summed E-state index contributed by atoms with van der Waals surface area (Å²) in [5, 5.41) is 3.50. The number of ether oxygens (including phenoxy) is 1. The van der Waals surface area contributed by atoms with E-state index >= 15 is 0 Å². The summed E-state index contributed by atoms with van der Waals surface area (Å²) in [6.45, 7) is 7.65. The number of aromatic nitrogens is 1. The van der Waals surface area contributed by atoms with Crippen molar-refractivity contribution in [3.05, 3.63) is 40.4 Å². The van der Waals surface area contributed by atoms with Crippen molar-refractivity contribution in [1.82, 2.24) is 9.88 Å². The van der Waals surface area contributed by atoms with E-state index in [2.05, 4.69) is 27.3 Å². The summed E-state index contributed by atoms with van der Waals surface area (Å²) in [5.74, 6) is 0.761. The Morgan fingerprint density at radius 3 is 2.81 bits per heavy atom. The zero-order valence-electron chi connectivity index (χ0n) is 15.6. The highest BCUT2D eigenvalue weighted by atomic mass is 32.1. The van der Waals surface area contributed by atoms with Crippen LogP contribution in [0.15, 0.2) is 24.3 Å². The molecule has 1 aliphatic rings. The normalized spacial score (nSPS) is 15.0. The molecule has 1 amide bonds. The average molecular weight is 374 g/mol. The van der Waals surface area contributed by atoms with E-state index in [9.17, 15) is 4.79 Å². The van der Waals surface area contributed by atoms with Gasteiger partial charge in [0.1, 0.15) is 5.75 Å². The van der Waals surface area contributed by atoms with Crippen molar-refractivity contribution in [1.29, 1.82) is 0 Å². The Labute approximate surface area is 159 Å². The van der Waals surface area contributed by atoms with Gasteiger partial charge in [0.15, 0.2) is 5.13 Å². The molecule has 1 aromatic heterocycles. The number of hydrogen-bond donors (Lipinski definition) is 1. The molecule has 0 bridgehead atoms. The first kappa shape index (κ1) is 18.9. The first-order valence-electron chi connectivity index (χ1n) is 9.28. The number of carbonyl (C=O) groups excluding carboxylic acids is 1. The second-order valence-electron chi connectivity index (χ2n) is 6.79. The number of amides is 1. The van der Waals surface area contributed by atoms with Crippen LogP contribution in [-0.4, -0.2) is 35.5 Å². The van der Waals surface area contributed by atoms with Gasteiger partial charge in [-0.05, 0) is 57.5 Å². The number of aryl methyl sites for hydroxylation is 2. The molecule has 3 rings (SSSR count). The number of nitrogens with zero attached hydrogens (tertiary/aromatic N) is 2. The van der Waals surface area contributed by atoms with Gasteiger partial charge in [0.25, 0.3) is 0 Å². The van der Waals surface area contributed by atoms with Gasteiger partial charge in [-0.3, -0.25) is 9.69 Å². The van der Waals surface area contributed by atoms with Crippen molar-refractivity contribution in [2.75, 3.05) is 25.0 Å². The number of anilines is 1. The lowest BCUT2D eigenvalue weighted by Gasteiger charge is -2.26. The van der Waals surface area contributed by atoms with Crippen LogP contribution in [0.5, 0.6) is 5.75 Å². The lowest BCUT2D eigenvalue weighted by atomic mass is 10.1. The number of carbonyl (C=O) groups is 1. The van der Waals surface area contributed by atoms with Crippen molar-refractivity contribution in [2.24, 2.45) is 0 Å². The van der Waals surface area contributed by atoms with Crippen LogP contribution in [0, 0.1) is 13.8 Å². The fourth-order valence-corrected chi connectivity index (χ4v) is 3.91. The lowest BCUT2D eigenvalue weighted by molar-refractivity contribution is -0.116. The van der Waals surface area contributed by atoms with Crippen LogP contribution in [0.1, 0.15) is 41.8 Å². The molecule has 26 heavy (non-hydrogen) atoms. The Balaban J connectivity index is 1.44. The summed E-state index contributed by atoms with van der Waals surface area (Å²) < 4.78 is 5.78. The minimum absolute atomic E-state index is 0.0665. The van der Waals surface area contributed by atoms with Gasteiger partial charge >= 0.3 is 0 Å². The summed E-state index contributed by atoms with van der Waals surface area (Å²) >= 11 is 1.50. The highest BCUT2D eigenvalue weighted by Gasteiger charge is 2.11. The predicted molar refractivity (Wildman–Crippen MR) is 106 cm³/mol. The number of hydrogen-bond acceptors (Lipinski definition) is 5. The van der Waals surface area contributed by atoms with E-state index in [1.165, 1.54) is 49.3 Å². The van der Waals surface area contributed by atoms with Gasteiger partial charge in [0, 0.05) is 11.4 Å². The minimum atomic E-state index is -0.0665. The molecule has 0 unspecified atom stereocenters. The maximum absolute atomic E-state index is 12.0. The van der Waals surface area contributed by atoms with Crippen molar-refractivity contribution >= 4 is 22.4 Å². The molecule has 1 aromatic carbocycles. The molecule has 0 aliphatic carbocycles. The Morgan fingerprint density at radius 1 is 1.27 bits per heavy atom. The number of likely N-dealkylation sites (tertiary alicyclic amines) is 1. The molecule has 6 heteroatoms. The summed E-state index contributed by atoms with van der Waals surface area (Å²) in [7, 11) is 0. The average Bonchev–Trinajstić information content (AvgIpc) is 2.93. The van der Waals surface area contributed by atoms with Gasteiger partial charge in [0.05, 0.1) is 18.7 Å². The molecule has 1 fully saturated rings. The summed E-state index contributed by atoms with van der Waals surface area (Å²) in [5.41, 5.74) is 2.23. The quantitative estimate of drug-likeness (QED) is 0.792. The number of piperidine rings is 1. The van der Waals surface area contributed by atoms with E-state index in [0.717, 1.165) is 22.9 Å². The first-order valence-corrected chi connectivity index (χ1v) is 10.1. The number of benzene rings is 1. The number of thiazole rings is 1. The van der Waals surface area contributed by atoms with Crippen molar-refractivity contribution in [3.8, 4) is 5.75 Å². The molecule has 2 aromatic rings. The Hall–Kier alpha value is -1.92. The Kier molecular flexibility index (Phi) is 6.63. The monoisotopic (exact) mass is 373 g/mol. The van der Waals surface area contributed by atoms with E-state index in [4.69, 9.17) is 4.74 Å². The van der Waals surface area contributed by atoms with E-state index in [1.807, 2.05) is 26.0 Å². The molecule has 2 heterocycles. The minimum Gasteiger partial charge on any atom is -0.493 e. The van der Waals surface area contributed by atoms with Crippen molar-refractivity contribution in [3.63, 3.8) is 0 Å². The molecule has 0 radical (unpaired) electrons. The van der Waals surface area contributed by atoms with Gasteiger partial charge in [-0.2, -0.15) is 0 Å². The molecule has 0 atom stereocenters. The molecular formula is C20H27N3O2S. The summed E-state index contributed by atoms with van der Waals surface area (Å²) in [6, 6.07) is 8.20. The fourth-order valence-electron chi connectivity index (χ4n) is 3.08. The van der Waals surface area contributed by atoms with Gasteiger partial charge in [-0.1, -0.05) is 18.6 Å². The molecule has 5 nitrogen and oxygen atoms in total. The van der Waals surface area contributed by atoms with Crippen LogP contribution in [0.25, 0.3) is 0 Å². The largest absolute Gasteiger partial charge is 0.493 e. The zero-order chi connectivity index (χ0) is 18.4. The van der Waals surface area contributed by atoms with Crippen molar-refractivity contribution < 1.29 is 9.53 Å². The highest BCUT2D eigenvalue weighted by molar-refractivity contribution is 7.15. The van der Waals surface area contributed by atoms with Gasteiger partial charge in [-0.25, -0.2) is 4.98 Å². The molecular weight excluding hydrogens is 346 g/mol. The van der Waals surface area contributed by atoms with Gasteiger partial charge < -0.3 is 10.1 Å². The third-order valence-corrected chi connectivity index (χ3v) is 5.61. The predicted octanol–water partition coefficient (Wildman–Crippen LogP) is 4.15. The molecule has 140 valence electrons. The van der Waals surface area contributed by atoms with E-state index < -0.39 is 0 Å². The highest BCUT2D eigenvalue weighted by Crippen LogP contribution is 2.21. The molecule has 1 saturated heterocycles. The first-order chi connectivity index (χ1) is 12.6. The Morgan fingerprint density at radius 2 is 2.08 bits per heavy atom. The molecule has 1 aliphatic heterocycles. The number of nitrogens with one attached hydrogen (secondary N) is 1. The summed E-state index contributed by atoms with van der Waals surface area (Å²) in [6.07, 6.45) is 4.25. The fraction of sp³-hybridized carbons (Fsp3) is 0.500. The van der Waals surface area contributed by atoms with Crippen LogP contribution < -0.4 is 10.1 Å². The van der Waals surface area contributed by atoms with Gasteiger partial charge in [-0.15, -0.1) is 11.3 Å². The maximum atomic E-state index is 12.0. The van der Waals surface area contributed by atoms with Crippen LogP contribution in [-0.2, 0) is 11.3 Å². The molecule has 0 saturated carbocycles. The number of rotatable bonds is 7. The third kappa shape index (κ3) is 5.54. The van der Waals surface area contributed by atoms with Gasteiger partial charge in [0.2, 0.25) is 5.91 Å². The van der Waals surface area contributed by atoms with Crippen LogP contribution in [0.2, 0.25) is 0 Å². The smallest absolute Gasteiger partial charge is 0.229 e. The lowest BCUT2D eigenvalue weighted by Crippen LogP contribution is -2.29. The van der Waals surface area contributed by atoms with Crippen LogP contribution in [0.3, 0.4) is 0 Å². The van der Waals surface area contributed by atoms with E-state index in [-0.39, 0.29) is 5.91 Å². The van der Waals surface area contributed by atoms with Crippen LogP contribution >= 0.6 is 11.3 Å². The second-order valence-corrected chi connectivity index (χ2v) is 7.99.